The van der Waals surface area contributed by atoms with Crippen molar-refractivity contribution in [2.75, 3.05) is 20.8 Å². The SMILES string of the molecule is COc1ccc(C=CC(=O)c2ccc(F)c(OCC(=O)OC(C)(C)C)c2)cc1OC. The number of methoxy groups -OCH3 is 2. The molecule has 0 amide bonds. The second-order valence-electron chi connectivity index (χ2n) is 7.33. The zero-order chi connectivity index (χ0) is 22.3. The van der Waals surface area contributed by atoms with Crippen molar-refractivity contribution in [1.82, 2.24) is 0 Å². The molecule has 30 heavy (non-hydrogen) atoms. The molecule has 0 fully saturated rings. The predicted molar refractivity (Wildman–Crippen MR) is 111 cm³/mol. The molecule has 2 aromatic rings. The van der Waals surface area contributed by atoms with Gasteiger partial charge in [0.2, 0.25) is 0 Å². The Bertz CT molecular complexity index is 943. The first-order valence-corrected chi connectivity index (χ1v) is 9.21. The maximum atomic E-state index is 14.0. The smallest absolute Gasteiger partial charge is 0.344 e. The van der Waals surface area contributed by atoms with Crippen molar-refractivity contribution < 1.29 is 32.9 Å². The molecule has 0 atom stereocenters. The summed E-state index contributed by atoms with van der Waals surface area (Å²) in [6.45, 7) is 4.69. The summed E-state index contributed by atoms with van der Waals surface area (Å²) in [4.78, 5) is 24.2. The molecule has 0 saturated heterocycles. The van der Waals surface area contributed by atoms with Crippen LogP contribution in [0.15, 0.2) is 42.5 Å². The molecular weight excluding hydrogens is 391 g/mol. The molecule has 0 heterocycles. The third-order valence-electron chi connectivity index (χ3n) is 3.82. The van der Waals surface area contributed by atoms with Gasteiger partial charge in [-0.1, -0.05) is 12.1 Å². The van der Waals surface area contributed by atoms with E-state index in [1.54, 1.807) is 45.0 Å². The van der Waals surface area contributed by atoms with Crippen LogP contribution >= 0.6 is 0 Å². The van der Waals surface area contributed by atoms with Gasteiger partial charge in [0, 0.05) is 5.56 Å². The fraction of sp³-hybridized carbons (Fsp3) is 0.304. The second-order valence-corrected chi connectivity index (χ2v) is 7.33. The average molecular weight is 416 g/mol. The molecule has 160 valence electrons. The Morgan fingerprint density at radius 1 is 0.967 bits per heavy atom. The van der Waals surface area contributed by atoms with Crippen molar-refractivity contribution in [3.8, 4) is 17.2 Å². The number of allylic oxidation sites excluding steroid dienone is 1. The van der Waals surface area contributed by atoms with Crippen LogP contribution in [0.4, 0.5) is 4.39 Å². The highest BCUT2D eigenvalue weighted by molar-refractivity contribution is 6.07. The maximum Gasteiger partial charge on any atom is 0.344 e. The molecule has 0 aliphatic heterocycles. The van der Waals surface area contributed by atoms with Crippen LogP contribution in [-0.2, 0) is 9.53 Å². The van der Waals surface area contributed by atoms with E-state index in [1.807, 2.05) is 0 Å². The lowest BCUT2D eigenvalue weighted by Crippen LogP contribution is -2.27. The van der Waals surface area contributed by atoms with Crippen LogP contribution in [0.1, 0.15) is 36.7 Å². The van der Waals surface area contributed by atoms with Gasteiger partial charge >= 0.3 is 5.97 Å². The van der Waals surface area contributed by atoms with Gasteiger partial charge < -0.3 is 18.9 Å². The first kappa shape index (κ1) is 22.9. The third kappa shape index (κ3) is 6.62. The Labute approximate surface area is 175 Å². The number of ketones is 1. The Morgan fingerprint density at radius 2 is 1.67 bits per heavy atom. The lowest BCUT2D eigenvalue weighted by molar-refractivity contribution is -0.157. The Kier molecular flexibility index (Phi) is 7.58. The fourth-order valence-corrected chi connectivity index (χ4v) is 2.50. The van der Waals surface area contributed by atoms with E-state index in [0.29, 0.717) is 11.5 Å². The molecule has 7 heteroatoms. The summed E-state index contributed by atoms with van der Waals surface area (Å²) in [6.07, 6.45) is 2.96. The normalized spacial score (nSPS) is 11.3. The molecule has 0 bridgehead atoms. The minimum absolute atomic E-state index is 0.203. The quantitative estimate of drug-likeness (QED) is 0.359. The number of esters is 1. The van der Waals surface area contributed by atoms with E-state index in [9.17, 15) is 14.0 Å². The predicted octanol–water partition coefficient (Wildman–Crippen LogP) is 4.46. The van der Waals surface area contributed by atoms with E-state index in [-0.39, 0.29) is 17.1 Å². The monoisotopic (exact) mass is 416 g/mol. The van der Waals surface area contributed by atoms with Crippen LogP contribution in [-0.4, -0.2) is 38.2 Å². The molecule has 2 rings (SSSR count). The maximum absolute atomic E-state index is 14.0. The van der Waals surface area contributed by atoms with Gasteiger partial charge in [-0.2, -0.15) is 0 Å². The van der Waals surface area contributed by atoms with Gasteiger partial charge in [-0.25, -0.2) is 9.18 Å². The van der Waals surface area contributed by atoms with E-state index in [0.717, 1.165) is 11.6 Å². The fourth-order valence-electron chi connectivity index (χ4n) is 2.50. The van der Waals surface area contributed by atoms with E-state index in [4.69, 9.17) is 18.9 Å². The van der Waals surface area contributed by atoms with Crippen molar-refractivity contribution in [2.45, 2.75) is 26.4 Å². The van der Waals surface area contributed by atoms with Gasteiger partial charge in [-0.05, 0) is 62.7 Å². The zero-order valence-corrected chi connectivity index (χ0v) is 17.7. The van der Waals surface area contributed by atoms with E-state index < -0.39 is 24.0 Å². The van der Waals surface area contributed by atoms with Crippen LogP contribution in [0.2, 0.25) is 0 Å². The van der Waals surface area contributed by atoms with Gasteiger partial charge in [0.05, 0.1) is 14.2 Å². The zero-order valence-electron chi connectivity index (χ0n) is 17.7. The second kappa shape index (κ2) is 9.91. The molecule has 0 N–H and O–H groups in total. The van der Waals surface area contributed by atoms with E-state index in [2.05, 4.69) is 0 Å². The van der Waals surface area contributed by atoms with Crippen molar-refractivity contribution in [1.29, 1.82) is 0 Å². The van der Waals surface area contributed by atoms with Gasteiger partial charge in [0.15, 0.2) is 35.5 Å². The number of rotatable bonds is 8. The van der Waals surface area contributed by atoms with Crippen LogP contribution in [0.25, 0.3) is 6.08 Å². The average Bonchev–Trinajstić information content (AvgIpc) is 2.69. The Balaban J connectivity index is 2.10. The van der Waals surface area contributed by atoms with Crippen molar-refractivity contribution >= 4 is 17.8 Å². The number of hydrogen-bond donors (Lipinski definition) is 0. The molecular formula is C23H25FO6. The van der Waals surface area contributed by atoms with Crippen molar-refractivity contribution in [3.05, 3.63) is 59.4 Å². The van der Waals surface area contributed by atoms with Gasteiger partial charge in [-0.3, -0.25) is 4.79 Å². The Morgan fingerprint density at radius 3 is 2.30 bits per heavy atom. The van der Waals surface area contributed by atoms with Crippen molar-refractivity contribution in [2.24, 2.45) is 0 Å². The van der Waals surface area contributed by atoms with Crippen LogP contribution in [0.5, 0.6) is 17.2 Å². The number of carbonyl (C=O) groups is 2. The summed E-state index contributed by atoms with van der Waals surface area (Å²) in [5.74, 6) is -0.762. The standard InChI is InChI=1S/C23H25FO6/c1-23(2,3)30-22(26)14-29-20-13-16(8-9-17(20)24)18(25)10-6-15-7-11-19(27-4)21(12-15)28-5/h6-13H,14H2,1-5H3. The summed E-state index contributed by atoms with van der Waals surface area (Å²) >= 11 is 0. The molecule has 0 unspecified atom stereocenters. The highest BCUT2D eigenvalue weighted by Gasteiger charge is 2.17. The summed E-state index contributed by atoms with van der Waals surface area (Å²) in [5.41, 5.74) is 0.267. The molecule has 0 saturated carbocycles. The first-order valence-electron chi connectivity index (χ1n) is 9.21. The van der Waals surface area contributed by atoms with E-state index in [1.165, 1.54) is 32.4 Å². The highest BCUT2D eigenvalue weighted by atomic mass is 19.1. The van der Waals surface area contributed by atoms with Crippen LogP contribution in [0.3, 0.4) is 0 Å². The van der Waals surface area contributed by atoms with Crippen LogP contribution < -0.4 is 14.2 Å². The molecule has 2 aromatic carbocycles. The molecule has 0 radical (unpaired) electrons. The van der Waals surface area contributed by atoms with Gasteiger partial charge in [-0.15, -0.1) is 0 Å². The summed E-state index contributed by atoms with van der Waals surface area (Å²) < 4.78 is 34.7. The number of carbonyl (C=O) groups excluding carboxylic acids is 2. The summed E-state index contributed by atoms with van der Waals surface area (Å²) in [6, 6.07) is 8.93. The minimum atomic E-state index is -0.682. The summed E-state index contributed by atoms with van der Waals surface area (Å²) in [5, 5.41) is 0. The minimum Gasteiger partial charge on any atom is -0.493 e. The largest absolute Gasteiger partial charge is 0.493 e. The number of benzene rings is 2. The molecule has 6 nitrogen and oxygen atoms in total. The van der Waals surface area contributed by atoms with Gasteiger partial charge in [0.25, 0.3) is 0 Å². The number of ether oxygens (including phenoxy) is 4. The topological polar surface area (TPSA) is 71.1 Å². The molecule has 0 spiro atoms. The molecule has 0 aliphatic carbocycles. The highest BCUT2D eigenvalue weighted by Crippen LogP contribution is 2.28. The van der Waals surface area contributed by atoms with Crippen molar-refractivity contribution in [3.63, 3.8) is 0 Å². The lowest BCUT2D eigenvalue weighted by atomic mass is 10.1. The summed E-state index contributed by atoms with van der Waals surface area (Å²) in [7, 11) is 3.06. The Hall–Kier alpha value is -3.35. The lowest BCUT2D eigenvalue weighted by Gasteiger charge is -2.19. The van der Waals surface area contributed by atoms with Gasteiger partial charge in [0.1, 0.15) is 5.60 Å². The number of hydrogen-bond acceptors (Lipinski definition) is 6. The number of halogens is 1. The molecule has 0 aliphatic rings. The first-order chi connectivity index (χ1) is 14.1. The third-order valence-corrected chi connectivity index (χ3v) is 3.82. The van der Waals surface area contributed by atoms with E-state index >= 15 is 0 Å². The molecule has 0 aromatic heterocycles. The van der Waals surface area contributed by atoms with Crippen LogP contribution in [0, 0.1) is 5.82 Å².